The number of hydrogen-bond donors (Lipinski definition) is 2. The van der Waals surface area contributed by atoms with Gasteiger partial charge in [0.1, 0.15) is 4.99 Å². The molecule has 2 rings (SSSR count). The van der Waals surface area contributed by atoms with Gasteiger partial charge in [-0.1, -0.05) is 12.2 Å². The minimum Gasteiger partial charge on any atom is -0.389 e. The monoisotopic (exact) mass is 305 g/mol. The summed E-state index contributed by atoms with van der Waals surface area (Å²) in [6, 6.07) is 7.06. The molecule has 0 spiro atoms. The van der Waals surface area contributed by atoms with Crippen LogP contribution < -0.4 is 11.1 Å². The van der Waals surface area contributed by atoms with Crippen LogP contribution in [0.15, 0.2) is 24.3 Å². The van der Waals surface area contributed by atoms with Gasteiger partial charge in [-0.2, -0.15) is 0 Å². The third-order valence-electron chi connectivity index (χ3n) is 3.48. The van der Waals surface area contributed by atoms with Crippen molar-refractivity contribution in [3.8, 4) is 0 Å². The second-order valence-corrected chi connectivity index (χ2v) is 5.52. The van der Waals surface area contributed by atoms with Crippen molar-refractivity contribution < 1.29 is 9.59 Å². The van der Waals surface area contributed by atoms with Crippen LogP contribution in [0.5, 0.6) is 0 Å². The Kier molecular flexibility index (Phi) is 5.27. The summed E-state index contributed by atoms with van der Waals surface area (Å²) < 4.78 is 0. The van der Waals surface area contributed by atoms with E-state index < -0.39 is 0 Å². The number of anilines is 1. The molecule has 21 heavy (non-hydrogen) atoms. The van der Waals surface area contributed by atoms with Gasteiger partial charge < -0.3 is 16.0 Å². The number of nitrogens with one attached hydrogen (secondary N) is 1. The van der Waals surface area contributed by atoms with Gasteiger partial charge in [-0.3, -0.25) is 9.59 Å². The fraction of sp³-hybridized carbons (Fsp3) is 0.400. The Bertz CT molecular complexity index is 542. The predicted molar refractivity (Wildman–Crippen MR) is 86.0 cm³/mol. The highest BCUT2D eigenvalue weighted by atomic mass is 32.1. The number of rotatable bonds is 5. The highest BCUT2D eigenvalue weighted by Gasteiger charge is 2.18. The first-order chi connectivity index (χ1) is 10.1. The number of amides is 2. The Morgan fingerprint density at radius 2 is 2.00 bits per heavy atom. The van der Waals surface area contributed by atoms with Crippen LogP contribution >= 0.6 is 12.2 Å². The third-order valence-corrected chi connectivity index (χ3v) is 3.72. The first-order valence-electron chi connectivity index (χ1n) is 7.04. The van der Waals surface area contributed by atoms with Gasteiger partial charge in [-0.15, -0.1) is 0 Å². The van der Waals surface area contributed by atoms with Crippen molar-refractivity contribution in [2.75, 3.05) is 18.4 Å². The number of likely N-dealkylation sites (tertiary alicyclic amines) is 1. The zero-order chi connectivity index (χ0) is 15.2. The summed E-state index contributed by atoms with van der Waals surface area (Å²) in [7, 11) is 0. The standard InChI is InChI=1S/C15H19N3O2S/c16-15(21)11-4-6-12(7-5-11)17-13(19)8-10-18-9-2-1-3-14(18)20/h4-7H,1-3,8-10H2,(H2,16,21)(H,17,19). The Labute approximate surface area is 129 Å². The molecule has 1 aliphatic heterocycles. The molecule has 112 valence electrons. The van der Waals surface area contributed by atoms with E-state index in [4.69, 9.17) is 18.0 Å². The highest BCUT2D eigenvalue weighted by molar-refractivity contribution is 7.80. The maximum atomic E-state index is 11.9. The molecular weight excluding hydrogens is 286 g/mol. The molecule has 2 amide bonds. The lowest BCUT2D eigenvalue weighted by Gasteiger charge is -2.26. The van der Waals surface area contributed by atoms with Gasteiger partial charge in [0.15, 0.2) is 0 Å². The van der Waals surface area contributed by atoms with Crippen molar-refractivity contribution in [1.82, 2.24) is 4.90 Å². The molecule has 0 aliphatic carbocycles. The summed E-state index contributed by atoms with van der Waals surface area (Å²) in [5, 5.41) is 2.80. The fourth-order valence-corrected chi connectivity index (χ4v) is 2.41. The van der Waals surface area contributed by atoms with Crippen LogP contribution in [0.3, 0.4) is 0 Å². The van der Waals surface area contributed by atoms with Crippen LogP contribution in [0.1, 0.15) is 31.2 Å². The zero-order valence-electron chi connectivity index (χ0n) is 11.8. The van der Waals surface area contributed by atoms with E-state index in [9.17, 15) is 9.59 Å². The second kappa shape index (κ2) is 7.17. The SMILES string of the molecule is NC(=S)c1ccc(NC(=O)CCN2CCCCC2=O)cc1. The average molecular weight is 305 g/mol. The van der Waals surface area contributed by atoms with E-state index in [0.29, 0.717) is 30.1 Å². The second-order valence-electron chi connectivity index (χ2n) is 5.08. The lowest BCUT2D eigenvalue weighted by atomic mass is 10.1. The number of nitrogens with two attached hydrogens (primary N) is 1. The maximum Gasteiger partial charge on any atom is 0.226 e. The molecule has 1 aromatic rings. The number of carbonyl (C=O) groups is 2. The molecule has 0 bridgehead atoms. The van der Waals surface area contributed by atoms with E-state index in [0.717, 1.165) is 24.9 Å². The molecule has 3 N–H and O–H groups in total. The topological polar surface area (TPSA) is 75.4 Å². The maximum absolute atomic E-state index is 11.9. The highest BCUT2D eigenvalue weighted by Crippen LogP contribution is 2.12. The van der Waals surface area contributed by atoms with Gasteiger partial charge >= 0.3 is 0 Å². The van der Waals surface area contributed by atoms with Crippen molar-refractivity contribution in [3.05, 3.63) is 29.8 Å². The molecule has 0 atom stereocenters. The van der Waals surface area contributed by atoms with Crippen LogP contribution in [0.25, 0.3) is 0 Å². The molecule has 0 aromatic heterocycles. The predicted octanol–water partition coefficient (Wildman–Crippen LogP) is 1.66. The average Bonchev–Trinajstić information content (AvgIpc) is 2.47. The van der Waals surface area contributed by atoms with Gasteiger partial charge in [0.2, 0.25) is 11.8 Å². The van der Waals surface area contributed by atoms with E-state index in [2.05, 4.69) is 5.32 Å². The fourth-order valence-electron chi connectivity index (χ4n) is 2.28. The zero-order valence-corrected chi connectivity index (χ0v) is 12.6. The van der Waals surface area contributed by atoms with Crippen LogP contribution in [0.2, 0.25) is 0 Å². The molecule has 1 fully saturated rings. The molecule has 0 radical (unpaired) electrons. The summed E-state index contributed by atoms with van der Waals surface area (Å²) >= 11 is 4.87. The van der Waals surface area contributed by atoms with Crippen molar-refractivity contribution in [2.24, 2.45) is 5.73 Å². The summed E-state index contributed by atoms with van der Waals surface area (Å²) in [6.45, 7) is 1.24. The summed E-state index contributed by atoms with van der Waals surface area (Å²) in [4.78, 5) is 25.6. The Morgan fingerprint density at radius 3 is 2.62 bits per heavy atom. The number of hydrogen-bond acceptors (Lipinski definition) is 3. The van der Waals surface area contributed by atoms with Crippen molar-refractivity contribution in [2.45, 2.75) is 25.7 Å². The van der Waals surface area contributed by atoms with Crippen LogP contribution in [0.4, 0.5) is 5.69 Å². The van der Waals surface area contributed by atoms with Crippen molar-refractivity contribution >= 4 is 34.7 Å². The number of carbonyl (C=O) groups excluding carboxylic acids is 2. The number of nitrogens with zero attached hydrogens (tertiary/aromatic N) is 1. The molecule has 0 unspecified atom stereocenters. The Morgan fingerprint density at radius 1 is 1.29 bits per heavy atom. The molecule has 0 saturated carbocycles. The van der Waals surface area contributed by atoms with E-state index in [1.165, 1.54) is 0 Å². The van der Waals surface area contributed by atoms with Gasteiger partial charge in [-0.05, 0) is 37.1 Å². The Hall–Kier alpha value is -1.95. The van der Waals surface area contributed by atoms with Gasteiger partial charge in [0, 0.05) is 37.2 Å². The van der Waals surface area contributed by atoms with Crippen molar-refractivity contribution in [3.63, 3.8) is 0 Å². The van der Waals surface area contributed by atoms with E-state index in [-0.39, 0.29) is 11.8 Å². The lowest BCUT2D eigenvalue weighted by Crippen LogP contribution is -2.37. The third kappa shape index (κ3) is 4.53. The minimum absolute atomic E-state index is 0.101. The summed E-state index contributed by atoms with van der Waals surface area (Å²) in [5.41, 5.74) is 6.98. The number of piperidine rings is 1. The largest absolute Gasteiger partial charge is 0.389 e. The molecule has 1 heterocycles. The molecule has 1 aromatic carbocycles. The van der Waals surface area contributed by atoms with E-state index >= 15 is 0 Å². The first-order valence-corrected chi connectivity index (χ1v) is 7.44. The minimum atomic E-state index is -0.101. The van der Waals surface area contributed by atoms with Crippen molar-refractivity contribution in [1.29, 1.82) is 0 Å². The van der Waals surface area contributed by atoms with Gasteiger partial charge in [-0.25, -0.2) is 0 Å². The van der Waals surface area contributed by atoms with Crippen LogP contribution in [-0.2, 0) is 9.59 Å². The molecule has 6 heteroatoms. The molecule has 1 saturated heterocycles. The van der Waals surface area contributed by atoms with Crippen LogP contribution in [0, 0.1) is 0 Å². The summed E-state index contributed by atoms with van der Waals surface area (Å²) in [6.07, 6.45) is 2.88. The molecule has 1 aliphatic rings. The smallest absolute Gasteiger partial charge is 0.226 e. The molecule has 5 nitrogen and oxygen atoms in total. The normalized spacial score (nSPS) is 14.9. The van der Waals surface area contributed by atoms with Crippen LogP contribution in [-0.4, -0.2) is 34.8 Å². The Balaban J connectivity index is 1.81. The first kappa shape index (κ1) is 15.4. The van der Waals surface area contributed by atoms with Gasteiger partial charge in [0.25, 0.3) is 0 Å². The van der Waals surface area contributed by atoms with Gasteiger partial charge in [0.05, 0.1) is 0 Å². The van der Waals surface area contributed by atoms with E-state index in [1.54, 1.807) is 29.2 Å². The number of benzene rings is 1. The van der Waals surface area contributed by atoms with E-state index in [1.807, 2.05) is 0 Å². The summed E-state index contributed by atoms with van der Waals surface area (Å²) in [5.74, 6) is 0.0475. The quantitative estimate of drug-likeness (QED) is 0.811. The number of thiocarbonyl (C=S) groups is 1. The molecular formula is C15H19N3O2S. The lowest BCUT2D eigenvalue weighted by molar-refractivity contribution is -0.133.